The molecule has 0 aliphatic rings. The van der Waals surface area contributed by atoms with Crippen LogP contribution in [0, 0.1) is 6.92 Å². The fraction of sp³-hybridized carbons (Fsp3) is 0.222. The minimum absolute atomic E-state index is 0.296. The normalized spacial score (nSPS) is 11.5. The first-order valence-electron chi connectivity index (χ1n) is 7.49. The number of hydrogen-bond donors (Lipinski definition) is 3. The quantitative estimate of drug-likeness (QED) is 0.711. The van der Waals surface area contributed by atoms with Crippen molar-refractivity contribution in [3.63, 3.8) is 0 Å². The van der Waals surface area contributed by atoms with Crippen molar-refractivity contribution in [2.45, 2.75) is 13.0 Å². The average Bonchev–Trinajstić information content (AvgIpc) is 2.59. The molecular weight excluding hydrogens is 324 g/mol. The van der Waals surface area contributed by atoms with Crippen LogP contribution in [0.5, 0.6) is 11.5 Å². The Labute approximate surface area is 145 Å². The van der Waals surface area contributed by atoms with Gasteiger partial charge in [-0.25, -0.2) is 4.79 Å². The highest BCUT2D eigenvalue weighted by molar-refractivity contribution is 5.94. The van der Waals surface area contributed by atoms with Crippen LogP contribution in [0.3, 0.4) is 0 Å². The minimum atomic E-state index is -1.07. The molecule has 0 saturated carbocycles. The molecule has 2 rings (SSSR count). The Balaban J connectivity index is 2.42. The first-order valence-corrected chi connectivity index (χ1v) is 7.49. The summed E-state index contributed by atoms with van der Waals surface area (Å²) in [6.07, 6.45) is 0. The molecule has 2 aromatic rings. The van der Waals surface area contributed by atoms with Crippen LogP contribution in [-0.2, 0) is 4.79 Å². The van der Waals surface area contributed by atoms with Gasteiger partial charge in [-0.3, -0.25) is 4.79 Å². The Bertz CT molecular complexity index is 804. The molecule has 2 aromatic carbocycles. The molecule has 0 aliphatic carbocycles. The molecule has 1 atom stereocenters. The summed E-state index contributed by atoms with van der Waals surface area (Å²) in [4.78, 5) is 23.1. The second-order valence-corrected chi connectivity index (χ2v) is 5.42. The van der Waals surface area contributed by atoms with E-state index in [0.717, 1.165) is 5.56 Å². The molecule has 0 aromatic heterocycles. The maximum atomic E-state index is 11.8. The lowest BCUT2D eigenvalue weighted by Gasteiger charge is -2.19. The number of nitrogens with two attached hydrogens (primary N) is 1. The summed E-state index contributed by atoms with van der Waals surface area (Å²) in [5.41, 5.74) is 7.37. The van der Waals surface area contributed by atoms with E-state index in [-0.39, 0.29) is 0 Å². The Morgan fingerprint density at radius 1 is 1.08 bits per heavy atom. The predicted molar refractivity (Wildman–Crippen MR) is 93.2 cm³/mol. The number of ether oxygens (including phenoxy) is 2. The number of hydrogen-bond acceptors (Lipinski definition) is 5. The highest BCUT2D eigenvalue weighted by atomic mass is 16.5. The molecule has 7 nitrogen and oxygen atoms in total. The van der Waals surface area contributed by atoms with Crippen LogP contribution < -0.4 is 20.5 Å². The molecule has 4 N–H and O–H groups in total. The zero-order valence-electron chi connectivity index (χ0n) is 14.2. The van der Waals surface area contributed by atoms with Crippen molar-refractivity contribution in [3.05, 3.63) is 53.1 Å². The topological polar surface area (TPSA) is 111 Å². The number of rotatable bonds is 7. The van der Waals surface area contributed by atoms with Crippen LogP contribution in [0.4, 0.5) is 5.69 Å². The van der Waals surface area contributed by atoms with Gasteiger partial charge in [0.2, 0.25) is 5.91 Å². The number of carboxylic acid groups (broad SMARTS) is 1. The van der Waals surface area contributed by atoms with Gasteiger partial charge < -0.3 is 25.6 Å². The SMILES string of the molecule is COc1ccc(C(Nc2cc(C(N)=O)ccc2C)C(=O)O)cc1OC. The molecule has 0 radical (unpaired) electrons. The van der Waals surface area contributed by atoms with Gasteiger partial charge in [0.05, 0.1) is 14.2 Å². The lowest BCUT2D eigenvalue weighted by Crippen LogP contribution is -2.21. The van der Waals surface area contributed by atoms with Crippen LogP contribution >= 0.6 is 0 Å². The Morgan fingerprint density at radius 2 is 1.76 bits per heavy atom. The number of benzene rings is 2. The van der Waals surface area contributed by atoms with E-state index in [9.17, 15) is 14.7 Å². The minimum Gasteiger partial charge on any atom is -0.493 e. The smallest absolute Gasteiger partial charge is 0.330 e. The fourth-order valence-electron chi connectivity index (χ4n) is 2.41. The number of carboxylic acids is 1. The first kappa shape index (κ1) is 18.1. The van der Waals surface area contributed by atoms with E-state index in [1.165, 1.54) is 20.3 Å². The average molecular weight is 344 g/mol. The molecular formula is C18H20N2O5. The van der Waals surface area contributed by atoms with Crippen molar-refractivity contribution in [2.24, 2.45) is 5.73 Å². The predicted octanol–water partition coefficient (Wildman–Crippen LogP) is 2.35. The van der Waals surface area contributed by atoms with Crippen LogP contribution in [-0.4, -0.2) is 31.2 Å². The van der Waals surface area contributed by atoms with Crippen LogP contribution in [0.15, 0.2) is 36.4 Å². The van der Waals surface area contributed by atoms with Crippen molar-refractivity contribution in [1.82, 2.24) is 0 Å². The summed E-state index contributed by atoms with van der Waals surface area (Å²) >= 11 is 0. The van der Waals surface area contributed by atoms with Crippen LogP contribution in [0.2, 0.25) is 0 Å². The number of aliphatic carboxylic acids is 1. The number of methoxy groups -OCH3 is 2. The number of aryl methyl sites for hydroxylation is 1. The highest BCUT2D eigenvalue weighted by Crippen LogP contribution is 2.32. The van der Waals surface area contributed by atoms with Gasteiger partial charge in [0, 0.05) is 11.3 Å². The van der Waals surface area contributed by atoms with Crippen molar-refractivity contribution in [1.29, 1.82) is 0 Å². The van der Waals surface area contributed by atoms with E-state index in [1.807, 2.05) is 0 Å². The van der Waals surface area contributed by atoms with Crippen LogP contribution in [0.25, 0.3) is 0 Å². The maximum Gasteiger partial charge on any atom is 0.330 e. The molecule has 0 aliphatic heterocycles. The molecule has 0 saturated heterocycles. The monoisotopic (exact) mass is 344 g/mol. The van der Waals surface area contributed by atoms with E-state index in [4.69, 9.17) is 15.2 Å². The van der Waals surface area contributed by atoms with Gasteiger partial charge in [0.25, 0.3) is 0 Å². The van der Waals surface area contributed by atoms with E-state index in [0.29, 0.717) is 28.3 Å². The summed E-state index contributed by atoms with van der Waals surface area (Å²) in [5.74, 6) is -0.727. The number of primary amides is 1. The van der Waals surface area contributed by atoms with E-state index in [1.54, 1.807) is 37.3 Å². The maximum absolute atomic E-state index is 11.8. The number of nitrogens with one attached hydrogen (secondary N) is 1. The molecule has 25 heavy (non-hydrogen) atoms. The number of carbonyl (C=O) groups is 2. The number of amides is 1. The third-order valence-electron chi connectivity index (χ3n) is 3.81. The fourth-order valence-corrected chi connectivity index (χ4v) is 2.41. The Morgan fingerprint density at radius 3 is 2.32 bits per heavy atom. The van der Waals surface area contributed by atoms with Gasteiger partial charge in [-0.05, 0) is 42.3 Å². The lowest BCUT2D eigenvalue weighted by molar-refractivity contribution is -0.138. The first-order chi connectivity index (χ1) is 11.9. The third-order valence-corrected chi connectivity index (χ3v) is 3.81. The van der Waals surface area contributed by atoms with Crippen molar-refractivity contribution < 1.29 is 24.2 Å². The molecule has 0 heterocycles. The molecule has 132 valence electrons. The molecule has 1 unspecified atom stereocenters. The van der Waals surface area contributed by atoms with Gasteiger partial charge in [0.1, 0.15) is 0 Å². The van der Waals surface area contributed by atoms with Crippen LogP contribution in [0.1, 0.15) is 27.5 Å². The number of anilines is 1. The zero-order valence-corrected chi connectivity index (χ0v) is 14.2. The Hall–Kier alpha value is -3.22. The van der Waals surface area contributed by atoms with Gasteiger partial charge in [-0.15, -0.1) is 0 Å². The van der Waals surface area contributed by atoms with E-state index in [2.05, 4.69) is 5.32 Å². The molecule has 0 bridgehead atoms. The molecule has 0 fully saturated rings. The van der Waals surface area contributed by atoms with Gasteiger partial charge in [-0.1, -0.05) is 12.1 Å². The Kier molecular flexibility index (Phi) is 5.49. The van der Waals surface area contributed by atoms with Crippen molar-refractivity contribution in [3.8, 4) is 11.5 Å². The van der Waals surface area contributed by atoms with Gasteiger partial charge >= 0.3 is 5.97 Å². The molecule has 7 heteroatoms. The summed E-state index contributed by atoms with van der Waals surface area (Å²) in [6.45, 7) is 1.81. The van der Waals surface area contributed by atoms with Crippen molar-refractivity contribution in [2.75, 3.05) is 19.5 Å². The van der Waals surface area contributed by atoms with Gasteiger partial charge in [0.15, 0.2) is 17.5 Å². The van der Waals surface area contributed by atoms with Crippen molar-refractivity contribution >= 4 is 17.6 Å². The summed E-state index contributed by atoms with van der Waals surface area (Å²) < 4.78 is 10.4. The summed E-state index contributed by atoms with van der Waals surface area (Å²) in [7, 11) is 2.98. The van der Waals surface area contributed by atoms with Gasteiger partial charge in [-0.2, -0.15) is 0 Å². The molecule has 1 amide bonds. The lowest BCUT2D eigenvalue weighted by atomic mass is 10.0. The molecule has 0 spiro atoms. The number of carbonyl (C=O) groups excluding carboxylic acids is 1. The standard InChI is InChI=1S/C18H20N2O5/c1-10-4-5-12(17(19)21)8-13(10)20-16(18(22)23)11-6-7-14(24-2)15(9-11)25-3/h4-9,16,20H,1-3H3,(H2,19,21)(H,22,23). The highest BCUT2D eigenvalue weighted by Gasteiger charge is 2.22. The van der Waals surface area contributed by atoms with E-state index < -0.39 is 17.9 Å². The largest absolute Gasteiger partial charge is 0.493 e. The summed E-state index contributed by atoms with van der Waals surface area (Å²) in [6, 6.07) is 8.66. The summed E-state index contributed by atoms with van der Waals surface area (Å²) in [5, 5.41) is 12.6. The zero-order chi connectivity index (χ0) is 18.6. The second-order valence-electron chi connectivity index (χ2n) is 5.42. The second kappa shape index (κ2) is 7.57. The van der Waals surface area contributed by atoms with E-state index >= 15 is 0 Å². The third kappa shape index (κ3) is 4.00.